The van der Waals surface area contributed by atoms with Crippen molar-refractivity contribution in [2.75, 3.05) is 0 Å². The third-order valence-electron chi connectivity index (χ3n) is 1.50. The molecular formula is C10H14NSi. The molecule has 0 aliphatic heterocycles. The number of aromatic nitrogens is 1. The second-order valence-electron chi connectivity index (χ2n) is 3.07. The van der Waals surface area contributed by atoms with Gasteiger partial charge in [0.05, 0.1) is 5.69 Å². The number of pyridine rings is 1. The molecule has 0 atom stereocenters. The summed E-state index contributed by atoms with van der Waals surface area (Å²) in [6, 6.07) is 7.19. The first-order valence-corrected chi connectivity index (χ1v) is 6.86. The SMILES string of the molecule is C[Si](C)CC=Cc1ccccn1. The van der Waals surface area contributed by atoms with E-state index in [0.717, 1.165) is 5.69 Å². The molecule has 1 rings (SSSR count). The maximum atomic E-state index is 4.20. The van der Waals surface area contributed by atoms with Crippen molar-refractivity contribution in [2.45, 2.75) is 19.1 Å². The van der Waals surface area contributed by atoms with E-state index in [2.05, 4.69) is 30.2 Å². The third-order valence-corrected chi connectivity index (χ3v) is 2.55. The highest BCUT2D eigenvalue weighted by atomic mass is 28.3. The zero-order chi connectivity index (χ0) is 8.81. The van der Waals surface area contributed by atoms with Crippen molar-refractivity contribution in [1.82, 2.24) is 4.98 Å². The maximum absolute atomic E-state index is 4.20. The Morgan fingerprint density at radius 3 is 2.83 bits per heavy atom. The molecule has 0 spiro atoms. The standard InChI is InChI=1S/C10H14NSi/c1-12(2)9-5-7-10-6-3-4-8-11-10/h3-8H,9H2,1-2H3. The monoisotopic (exact) mass is 176 g/mol. The van der Waals surface area contributed by atoms with E-state index in [0.29, 0.717) is 0 Å². The minimum absolute atomic E-state index is 0.119. The van der Waals surface area contributed by atoms with E-state index < -0.39 is 0 Å². The molecule has 2 heteroatoms. The number of hydrogen-bond donors (Lipinski definition) is 0. The van der Waals surface area contributed by atoms with Crippen LogP contribution in [-0.4, -0.2) is 13.8 Å². The fraction of sp³-hybridized carbons (Fsp3) is 0.300. The Bertz CT molecular complexity index is 241. The molecule has 0 unspecified atom stereocenters. The molecule has 1 aromatic heterocycles. The summed E-state index contributed by atoms with van der Waals surface area (Å²) in [7, 11) is -0.119. The van der Waals surface area contributed by atoms with Gasteiger partial charge in [-0.25, -0.2) is 0 Å². The molecule has 0 N–H and O–H groups in total. The molecule has 0 fully saturated rings. The lowest BCUT2D eigenvalue weighted by Crippen LogP contribution is -1.94. The quantitative estimate of drug-likeness (QED) is 0.645. The van der Waals surface area contributed by atoms with E-state index in [1.54, 1.807) is 0 Å². The Kier molecular flexibility index (Phi) is 3.74. The van der Waals surface area contributed by atoms with Crippen LogP contribution >= 0.6 is 0 Å². The molecule has 1 heterocycles. The minimum atomic E-state index is -0.119. The molecule has 0 aromatic carbocycles. The summed E-state index contributed by atoms with van der Waals surface area (Å²) >= 11 is 0. The summed E-state index contributed by atoms with van der Waals surface area (Å²) in [5.41, 5.74) is 1.06. The molecule has 0 bridgehead atoms. The zero-order valence-corrected chi connectivity index (χ0v) is 8.62. The van der Waals surface area contributed by atoms with Crippen LogP contribution in [0.15, 0.2) is 30.5 Å². The number of nitrogens with zero attached hydrogens (tertiary/aromatic N) is 1. The molecule has 12 heavy (non-hydrogen) atoms. The lowest BCUT2D eigenvalue weighted by atomic mass is 10.3. The smallest absolute Gasteiger partial charge is 0.0626 e. The minimum Gasteiger partial charge on any atom is -0.257 e. The van der Waals surface area contributed by atoms with Crippen molar-refractivity contribution in [3.8, 4) is 0 Å². The van der Waals surface area contributed by atoms with E-state index in [9.17, 15) is 0 Å². The highest BCUT2D eigenvalue weighted by Gasteiger charge is 1.90. The van der Waals surface area contributed by atoms with Crippen LogP contribution in [-0.2, 0) is 0 Å². The van der Waals surface area contributed by atoms with E-state index in [1.807, 2.05) is 24.4 Å². The largest absolute Gasteiger partial charge is 0.257 e. The lowest BCUT2D eigenvalue weighted by molar-refractivity contribution is 1.29. The molecular weight excluding hydrogens is 162 g/mol. The van der Waals surface area contributed by atoms with Crippen LogP contribution in [0.5, 0.6) is 0 Å². The predicted octanol–water partition coefficient (Wildman–Crippen LogP) is 2.85. The van der Waals surface area contributed by atoms with Gasteiger partial charge in [-0.05, 0) is 24.3 Å². The zero-order valence-electron chi connectivity index (χ0n) is 7.62. The predicted molar refractivity (Wildman–Crippen MR) is 55.6 cm³/mol. The van der Waals surface area contributed by atoms with Crippen LogP contribution in [0, 0.1) is 0 Å². The van der Waals surface area contributed by atoms with Crippen LogP contribution in [0.3, 0.4) is 0 Å². The molecule has 0 saturated carbocycles. The van der Waals surface area contributed by atoms with Gasteiger partial charge in [0.15, 0.2) is 0 Å². The highest BCUT2D eigenvalue weighted by molar-refractivity contribution is 6.56. The second kappa shape index (κ2) is 4.88. The highest BCUT2D eigenvalue weighted by Crippen LogP contribution is 1.99. The molecule has 0 saturated heterocycles. The van der Waals surface area contributed by atoms with Crippen molar-refractivity contribution in [3.63, 3.8) is 0 Å². The van der Waals surface area contributed by atoms with Crippen LogP contribution in [0.4, 0.5) is 0 Å². The fourth-order valence-corrected chi connectivity index (χ4v) is 1.48. The molecule has 0 aliphatic rings. The van der Waals surface area contributed by atoms with Crippen molar-refractivity contribution < 1.29 is 0 Å². The van der Waals surface area contributed by atoms with Gasteiger partial charge in [0.2, 0.25) is 0 Å². The normalized spacial score (nSPS) is 11.2. The van der Waals surface area contributed by atoms with Crippen LogP contribution in [0.1, 0.15) is 5.69 Å². The van der Waals surface area contributed by atoms with E-state index in [-0.39, 0.29) is 8.80 Å². The Morgan fingerprint density at radius 2 is 2.25 bits per heavy atom. The van der Waals surface area contributed by atoms with Gasteiger partial charge in [0.1, 0.15) is 0 Å². The second-order valence-corrected chi connectivity index (χ2v) is 5.89. The molecule has 1 radical (unpaired) electrons. The van der Waals surface area contributed by atoms with Gasteiger partial charge in [-0.15, -0.1) is 0 Å². The van der Waals surface area contributed by atoms with Gasteiger partial charge >= 0.3 is 0 Å². The number of allylic oxidation sites excluding steroid dienone is 1. The van der Waals surface area contributed by atoms with Gasteiger partial charge in [-0.3, -0.25) is 4.98 Å². The summed E-state index contributed by atoms with van der Waals surface area (Å²) in [6.07, 6.45) is 6.14. The number of hydrogen-bond acceptors (Lipinski definition) is 1. The average molecular weight is 176 g/mol. The maximum Gasteiger partial charge on any atom is 0.0626 e. The van der Waals surface area contributed by atoms with E-state index >= 15 is 0 Å². The number of rotatable bonds is 3. The van der Waals surface area contributed by atoms with Crippen molar-refractivity contribution in [2.24, 2.45) is 0 Å². The molecule has 0 aliphatic carbocycles. The van der Waals surface area contributed by atoms with Gasteiger partial charge in [-0.2, -0.15) is 0 Å². The van der Waals surface area contributed by atoms with Crippen LogP contribution in [0.2, 0.25) is 19.1 Å². The fourth-order valence-electron chi connectivity index (χ4n) is 0.890. The lowest BCUT2D eigenvalue weighted by Gasteiger charge is -1.94. The topological polar surface area (TPSA) is 12.9 Å². The molecule has 1 nitrogen and oxygen atoms in total. The summed E-state index contributed by atoms with van der Waals surface area (Å²) in [6.45, 7) is 4.63. The van der Waals surface area contributed by atoms with Gasteiger partial charge in [0.25, 0.3) is 0 Å². The first kappa shape index (κ1) is 9.20. The van der Waals surface area contributed by atoms with Crippen molar-refractivity contribution in [1.29, 1.82) is 0 Å². The third kappa shape index (κ3) is 3.48. The summed E-state index contributed by atoms with van der Waals surface area (Å²) < 4.78 is 0. The first-order valence-electron chi connectivity index (χ1n) is 4.15. The Morgan fingerprint density at radius 1 is 1.42 bits per heavy atom. The van der Waals surface area contributed by atoms with E-state index in [4.69, 9.17) is 0 Å². The Balaban J connectivity index is 2.47. The molecule has 63 valence electrons. The molecule has 0 amide bonds. The van der Waals surface area contributed by atoms with Crippen molar-refractivity contribution in [3.05, 3.63) is 36.2 Å². The van der Waals surface area contributed by atoms with Gasteiger partial charge < -0.3 is 0 Å². The van der Waals surface area contributed by atoms with Gasteiger partial charge in [0, 0.05) is 15.0 Å². The summed E-state index contributed by atoms with van der Waals surface area (Å²) in [5.74, 6) is 0. The summed E-state index contributed by atoms with van der Waals surface area (Å²) in [4.78, 5) is 4.20. The first-order chi connectivity index (χ1) is 5.79. The summed E-state index contributed by atoms with van der Waals surface area (Å²) in [5, 5.41) is 0. The van der Waals surface area contributed by atoms with Crippen LogP contribution in [0.25, 0.3) is 6.08 Å². The average Bonchev–Trinajstić information content (AvgIpc) is 2.05. The Labute approximate surface area is 75.8 Å². The molecule has 1 aromatic rings. The van der Waals surface area contributed by atoms with Crippen molar-refractivity contribution >= 4 is 14.9 Å². The van der Waals surface area contributed by atoms with Crippen LogP contribution < -0.4 is 0 Å². The van der Waals surface area contributed by atoms with Gasteiger partial charge in [-0.1, -0.05) is 25.2 Å². The van der Waals surface area contributed by atoms with E-state index in [1.165, 1.54) is 6.04 Å². The Hall–Kier alpha value is -0.893.